The number of rotatable bonds is 8. The quantitative estimate of drug-likeness (QED) is 0.321. The van der Waals surface area contributed by atoms with Crippen LogP contribution in [0, 0.1) is 0 Å². The fourth-order valence-corrected chi connectivity index (χ4v) is 3.33. The van der Waals surface area contributed by atoms with Crippen LogP contribution in [-0.4, -0.2) is 55.9 Å². The van der Waals surface area contributed by atoms with Crippen molar-refractivity contribution in [1.29, 1.82) is 0 Å². The number of hydrogen-bond acceptors (Lipinski definition) is 9. The summed E-state index contributed by atoms with van der Waals surface area (Å²) in [5.74, 6) is -3.00. The number of aromatic nitrogens is 4. The Hall–Kier alpha value is -4.88. The number of nitrogens with zero attached hydrogens (tertiary/aromatic N) is 4. The van der Waals surface area contributed by atoms with Crippen molar-refractivity contribution in [1.82, 2.24) is 24.4 Å². The number of esters is 1. The van der Waals surface area contributed by atoms with Gasteiger partial charge in [0.2, 0.25) is 11.8 Å². The normalized spacial score (nSPS) is 11.5. The van der Waals surface area contributed by atoms with Gasteiger partial charge in [-0.1, -0.05) is 12.1 Å². The van der Waals surface area contributed by atoms with E-state index >= 15 is 0 Å². The van der Waals surface area contributed by atoms with Crippen LogP contribution in [0.2, 0.25) is 0 Å². The van der Waals surface area contributed by atoms with Crippen LogP contribution in [0.3, 0.4) is 0 Å². The Labute approximate surface area is 203 Å². The van der Waals surface area contributed by atoms with Gasteiger partial charge in [0.1, 0.15) is 11.7 Å². The highest BCUT2D eigenvalue weighted by atomic mass is 16.5. The van der Waals surface area contributed by atoms with Gasteiger partial charge in [-0.2, -0.15) is 0 Å². The van der Waals surface area contributed by atoms with E-state index in [4.69, 9.17) is 10.5 Å². The van der Waals surface area contributed by atoms with Crippen LogP contribution in [0.15, 0.2) is 40.1 Å². The molecule has 0 saturated carbocycles. The van der Waals surface area contributed by atoms with Gasteiger partial charge in [-0.25, -0.2) is 19.6 Å². The number of methoxy groups -OCH3 is 1. The molecule has 0 radical (unpaired) electrons. The molecule has 0 spiro atoms. The van der Waals surface area contributed by atoms with E-state index in [9.17, 15) is 28.8 Å². The first-order valence-corrected chi connectivity index (χ1v) is 10.5. The highest BCUT2D eigenvalue weighted by molar-refractivity contribution is 6.04. The number of nitrogens with two attached hydrogens (primary N) is 1. The third kappa shape index (κ3) is 5.27. The summed E-state index contributed by atoms with van der Waals surface area (Å²) in [6.45, 7) is 0. The summed E-state index contributed by atoms with van der Waals surface area (Å²) in [6.07, 6.45) is 0.653. The highest BCUT2D eigenvalue weighted by Gasteiger charge is 2.25. The first-order valence-electron chi connectivity index (χ1n) is 10.5. The number of ether oxygens (including phenoxy) is 1. The molecule has 0 saturated heterocycles. The molecular formula is C22H23N7O7. The lowest BCUT2D eigenvalue weighted by atomic mass is 10.1. The number of primary amides is 1. The molecular weight excluding hydrogens is 474 g/mol. The molecule has 2 heterocycles. The summed E-state index contributed by atoms with van der Waals surface area (Å²) in [4.78, 5) is 81.8. The Morgan fingerprint density at radius 3 is 2.47 bits per heavy atom. The van der Waals surface area contributed by atoms with E-state index < -0.39 is 41.0 Å². The molecule has 1 atom stereocenters. The Bertz CT molecular complexity index is 1490. The summed E-state index contributed by atoms with van der Waals surface area (Å²) in [5, 5.41) is 4.97. The van der Waals surface area contributed by atoms with Gasteiger partial charge in [0.05, 0.1) is 24.6 Å². The summed E-state index contributed by atoms with van der Waals surface area (Å²) < 4.78 is 6.63. The van der Waals surface area contributed by atoms with Crippen molar-refractivity contribution >= 4 is 40.5 Å². The number of amides is 3. The number of para-hydroxylation sites is 1. The Balaban J connectivity index is 1.91. The summed E-state index contributed by atoms with van der Waals surface area (Å²) in [5.41, 5.74) is 3.49. The van der Waals surface area contributed by atoms with E-state index in [2.05, 4.69) is 20.6 Å². The van der Waals surface area contributed by atoms with Gasteiger partial charge in [-0.15, -0.1) is 0 Å². The molecule has 3 aromatic rings. The summed E-state index contributed by atoms with van der Waals surface area (Å²) in [6, 6.07) is 4.80. The van der Waals surface area contributed by atoms with E-state index in [1.165, 1.54) is 33.3 Å². The number of carbonyl (C=O) groups excluding carboxylic acids is 4. The molecule has 0 unspecified atom stereocenters. The molecule has 188 valence electrons. The number of carbonyl (C=O) groups is 4. The van der Waals surface area contributed by atoms with E-state index in [0.717, 1.165) is 15.3 Å². The maximum atomic E-state index is 13.0. The Kier molecular flexibility index (Phi) is 7.57. The SMILES string of the molecule is COC(=O)c1ccccc1NC(=O)[C@H](CCC(N)=O)NC(=O)c1cnc2c(n1)c(=O)n(C)c(=O)n2C. The predicted octanol–water partition coefficient (Wildman–Crippen LogP) is -1.18. The molecule has 36 heavy (non-hydrogen) atoms. The fraction of sp³-hybridized carbons (Fsp3) is 0.273. The second-order valence-electron chi connectivity index (χ2n) is 7.69. The van der Waals surface area contributed by atoms with Crippen molar-refractivity contribution in [2.75, 3.05) is 12.4 Å². The van der Waals surface area contributed by atoms with Crippen LogP contribution in [-0.2, 0) is 28.4 Å². The highest BCUT2D eigenvalue weighted by Crippen LogP contribution is 2.17. The molecule has 14 heteroatoms. The molecule has 0 aliphatic rings. The largest absolute Gasteiger partial charge is 0.465 e. The minimum absolute atomic E-state index is 0.0258. The zero-order valence-corrected chi connectivity index (χ0v) is 19.6. The van der Waals surface area contributed by atoms with Gasteiger partial charge in [-0.3, -0.25) is 28.3 Å². The average Bonchev–Trinajstić information content (AvgIpc) is 2.87. The van der Waals surface area contributed by atoms with Crippen molar-refractivity contribution in [3.63, 3.8) is 0 Å². The molecule has 3 rings (SSSR count). The minimum atomic E-state index is -1.27. The number of hydrogen-bond donors (Lipinski definition) is 3. The number of fused-ring (bicyclic) bond motifs is 1. The van der Waals surface area contributed by atoms with Crippen molar-refractivity contribution < 1.29 is 23.9 Å². The summed E-state index contributed by atoms with van der Waals surface area (Å²) >= 11 is 0. The molecule has 2 aromatic heterocycles. The van der Waals surface area contributed by atoms with Crippen LogP contribution >= 0.6 is 0 Å². The lowest BCUT2D eigenvalue weighted by molar-refractivity contribution is -0.119. The first-order chi connectivity index (χ1) is 17.0. The number of nitrogens with one attached hydrogen (secondary N) is 2. The smallest absolute Gasteiger partial charge is 0.339 e. The second-order valence-corrected chi connectivity index (χ2v) is 7.69. The van der Waals surface area contributed by atoms with Crippen LogP contribution in [0.5, 0.6) is 0 Å². The van der Waals surface area contributed by atoms with E-state index in [0.29, 0.717) is 0 Å². The molecule has 3 amide bonds. The standard InChI is InChI=1S/C22H23N7O7/c1-28-17-16(20(33)29(2)22(28)35)25-14(10-24-17)19(32)27-13(8-9-15(23)30)18(31)26-12-7-5-4-6-11(12)21(34)36-3/h4-7,10,13H,8-9H2,1-3H3,(H2,23,30)(H,26,31)(H,27,32)/t13-/m0/s1. The van der Waals surface area contributed by atoms with Gasteiger partial charge >= 0.3 is 11.7 Å². The maximum Gasteiger partial charge on any atom is 0.339 e. The lowest BCUT2D eigenvalue weighted by Crippen LogP contribution is -2.45. The predicted molar refractivity (Wildman–Crippen MR) is 126 cm³/mol. The van der Waals surface area contributed by atoms with Crippen molar-refractivity contribution in [2.45, 2.75) is 18.9 Å². The molecule has 14 nitrogen and oxygen atoms in total. The maximum absolute atomic E-state index is 13.0. The van der Waals surface area contributed by atoms with Crippen molar-refractivity contribution in [2.24, 2.45) is 19.8 Å². The first kappa shape index (κ1) is 25.7. The molecule has 4 N–H and O–H groups in total. The van der Waals surface area contributed by atoms with E-state index in [-0.39, 0.29) is 41.0 Å². The molecule has 1 aromatic carbocycles. The van der Waals surface area contributed by atoms with Crippen molar-refractivity contribution in [3.05, 3.63) is 62.6 Å². The zero-order valence-electron chi connectivity index (χ0n) is 19.6. The number of benzene rings is 1. The number of aryl methyl sites for hydroxylation is 1. The van der Waals surface area contributed by atoms with Gasteiger partial charge < -0.3 is 21.1 Å². The van der Waals surface area contributed by atoms with Crippen LogP contribution in [0.25, 0.3) is 11.2 Å². The molecule has 0 bridgehead atoms. The topological polar surface area (TPSA) is 197 Å². The van der Waals surface area contributed by atoms with Gasteiger partial charge in [-0.05, 0) is 18.6 Å². The average molecular weight is 497 g/mol. The van der Waals surface area contributed by atoms with Crippen LogP contribution in [0.4, 0.5) is 5.69 Å². The Morgan fingerprint density at radius 2 is 1.81 bits per heavy atom. The van der Waals surface area contributed by atoms with Crippen LogP contribution in [0.1, 0.15) is 33.7 Å². The van der Waals surface area contributed by atoms with E-state index in [1.54, 1.807) is 12.1 Å². The fourth-order valence-electron chi connectivity index (χ4n) is 3.33. The summed E-state index contributed by atoms with van der Waals surface area (Å²) in [7, 11) is 3.84. The number of anilines is 1. The lowest BCUT2D eigenvalue weighted by Gasteiger charge is -2.19. The van der Waals surface area contributed by atoms with Gasteiger partial charge in [0.25, 0.3) is 11.5 Å². The molecule has 0 fully saturated rings. The van der Waals surface area contributed by atoms with E-state index in [1.807, 2.05) is 0 Å². The van der Waals surface area contributed by atoms with Gasteiger partial charge in [0.15, 0.2) is 11.2 Å². The molecule has 0 aliphatic carbocycles. The molecule has 0 aliphatic heterocycles. The minimum Gasteiger partial charge on any atom is -0.465 e. The third-order valence-corrected chi connectivity index (χ3v) is 5.28. The monoisotopic (exact) mass is 497 g/mol. The second kappa shape index (κ2) is 10.6. The van der Waals surface area contributed by atoms with Crippen LogP contribution < -0.4 is 27.6 Å². The van der Waals surface area contributed by atoms with Gasteiger partial charge in [0, 0.05) is 20.5 Å². The van der Waals surface area contributed by atoms with Crippen molar-refractivity contribution in [3.8, 4) is 0 Å². The third-order valence-electron chi connectivity index (χ3n) is 5.28. The zero-order chi connectivity index (χ0) is 26.6. The Morgan fingerprint density at radius 1 is 1.11 bits per heavy atom.